The fourth-order valence-corrected chi connectivity index (χ4v) is 1.41. The summed E-state index contributed by atoms with van der Waals surface area (Å²) in [4.78, 5) is 11.9. The summed E-state index contributed by atoms with van der Waals surface area (Å²) in [5.41, 5.74) is 0. The molecule has 2 nitrogen and oxygen atoms in total. The molecule has 0 radical (unpaired) electrons. The number of carboxylic acid groups (broad SMARTS) is 1. The predicted molar refractivity (Wildman–Crippen MR) is 34.6 cm³/mol. The third-order valence-electron chi connectivity index (χ3n) is 0.538. The molecule has 0 saturated heterocycles. The third-order valence-corrected chi connectivity index (χ3v) is 2.80. The molecule has 1 N–H and O–H groups in total. The first-order valence-corrected chi connectivity index (χ1v) is 4.88. The SMILES string of the molecule is CCC=[As]CC(=O)O. The zero-order chi connectivity index (χ0) is 6.41. The van der Waals surface area contributed by atoms with Crippen LogP contribution in [0.25, 0.3) is 0 Å². The van der Waals surface area contributed by atoms with Crippen LogP contribution in [0.15, 0.2) is 0 Å². The van der Waals surface area contributed by atoms with Crippen LogP contribution in [0, 0.1) is 0 Å². The topological polar surface area (TPSA) is 37.3 Å². The van der Waals surface area contributed by atoms with Gasteiger partial charge < -0.3 is 0 Å². The first-order chi connectivity index (χ1) is 3.77. The molecule has 0 aliphatic heterocycles. The molecular formula is C5H9AsO2. The first-order valence-electron chi connectivity index (χ1n) is 2.47. The normalized spacial score (nSPS) is 10.1. The summed E-state index contributed by atoms with van der Waals surface area (Å²) in [6.45, 7) is 2.03. The summed E-state index contributed by atoms with van der Waals surface area (Å²) in [6.07, 6.45) is 1.01. The van der Waals surface area contributed by atoms with E-state index in [0.717, 1.165) is 6.42 Å². The van der Waals surface area contributed by atoms with Gasteiger partial charge in [-0.15, -0.1) is 0 Å². The molecule has 8 heavy (non-hydrogen) atoms. The van der Waals surface area contributed by atoms with Crippen LogP contribution in [0.5, 0.6) is 0 Å². The molecule has 3 heteroatoms. The van der Waals surface area contributed by atoms with Crippen LogP contribution in [0.3, 0.4) is 0 Å². The van der Waals surface area contributed by atoms with E-state index in [2.05, 4.69) is 4.81 Å². The molecular weight excluding hydrogens is 167 g/mol. The molecule has 0 atom stereocenters. The monoisotopic (exact) mass is 176 g/mol. The van der Waals surface area contributed by atoms with Gasteiger partial charge in [0.05, 0.1) is 0 Å². The van der Waals surface area contributed by atoms with E-state index in [1.807, 2.05) is 6.92 Å². The van der Waals surface area contributed by atoms with Crippen LogP contribution < -0.4 is 0 Å². The average molecular weight is 176 g/mol. The summed E-state index contributed by atoms with van der Waals surface area (Å²) >= 11 is -0.0159. The van der Waals surface area contributed by atoms with Crippen LogP contribution in [-0.2, 0) is 4.79 Å². The van der Waals surface area contributed by atoms with Crippen molar-refractivity contribution in [2.45, 2.75) is 18.6 Å². The second kappa shape index (κ2) is 5.04. The van der Waals surface area contributed by atoms with Gasteiger partial charge in [0.15, 0.2) is 0 Å². The number of carbonyl (C=O) groups is 1. The van der Waals surface area contributed by atoms with E-state index in [1.54, 1.807) is 0 Å². The van der Waals surface area contributed by atoms with Gasteiger partial charge in [0.1, 0.15) is 0 Å². The Kier molecular flexibility index (Phi) is 4.98. The van der Waals surface area contributed by atoms with E-state index in [1.165, 1.54) is 0 Å². The van der Waals surface area contributed by atoms with Crippen molar-refractivity contribution in [2.75, 3.05) is 0 Å². The fraction of sp³-hybridized carbons (Fsp3) is 0.600. The predicted octanol–water partition coefficient (Wildman–Crippen LogP) is 0.406. The summed E-state index contributed by atoms with van der Waals surface area (Å²) in [7, 11) is 0. The van der Waals surface area contributed by atoms with Gasteiger partial charge in [-0.2, -0.15) is 0 Å². The first kappa shape index (κ1) is 7.90. The molecule has 0 aromatic heterocycles. The van der Waals surface area contributed by atoms with Crippen molar-refractivity contribution in [3.63, 3.8) is 0 Å². The minimum atomic E-state index is -0.672. The average Bonchev–Trinajstić information content (AvgIpc) is 1.66. The number of carboxylic acids is 1. The van der Waals surface area contributed by atoms with Crippen molar-refractivity contribution in [3.8, 4) is 0 Å². The maximum absolute atomic E-state index is 9.88. The molecule has 0 saturated carbocycles. The Balaban J connectivity index is 3.16. The summed E-state index contributed by atoms with van der Waals surface area (Å²) < 4.78 is 0. The Morgan fingerprint density at radius 1 is 1.88 bits per heavy atom. The van der Waals surface area contributed by atoms with Crippen LogP contribution in [0.2, 0.25) is 5.21 Å². The Bertz CT molecular complexity index is 98.6. The summed E-state index contributed by atoms with van der Waals surface area (Å²) in [5.74, 6) is -0.672. The molecule has 0 aliphatic carbocycles. The molecule has 0 aliphatic rings. The molecule has 46 valence electrons. The Morgan fingerprint density at radius 2 is 2.50 bits per heavy atom. The van der Waals surface area contributed by atoms with E-state index < -0.39 is 5.97 Å². The number of hydrogen-bond acceptors (Lipinski definition) is 1. The molecule has 0 bridgehead atoms. The van der Waals surface area contributed by atoms with Gasteiger partial charge in [0.2, 0.25) is 0 Å². The van der Waals surface area contributed by atoms with Gasteiger partial charge in [-0.1, -0.05) is 0 Å². The van der Waals surface area contributed by atoms with Crippen molar-refractivity contribution >= 4 is 26.1 Å². The molecule has 0 rings (SSSR count). The molecule has 0 amide bonds. The Hall–Kier alpha value is -0.102. The molecule has 0 aromatic rings. The van der Waals surface area contributed by atoms with E-state index in [-0.39, 0.29) is 15.3 Å². The fourth-order valence-electron chi connectivity index (χ4n) is 0.272. The van der Waals surface area contributed by atoms with E-state index in [9.17, 15) is 4.79 Å². The van der Waals surface area contributed by atoms with Gasteiger partial charge in [0, 0.05) is 0 Å². The van der Waals surface area contributed by atoms with Crippen molar-refractivity contribution in [1.82, 2.24) is 0 Å². The number of aliphatic carboxylic acids is 1. The van der Waals surface area contributed by atoms with Crippen LogP contribution in [-0.4, -0.2) is 31.2 Å². The van der Waals surface area contributed by atoms with Crippen molar-refractivity contribution in [3.05, 3.63) is 0 Å². The van der Waals surface area contributed by atoms with Crippen LogP contribution >= 0.6 is 0 Å². The van der Waals surface area contributed by atoms with Crippen LogP contribution in [0.1, 0.15) is 13.3 Å². The summed E-state index contributed by atoms with van der Waals surface area (Å²) in [6, 6.07) is 0. The Morgan fingerprint density at radius 3 is 2.88 bits per heavy atom. The van der Waals surface area contributed by atoms with E-state index in [0.29, 0.717) is 5.21 Å². The standard InChI is InChI=1S/C5H9AsO2/c1-2-3-6-4-5(7)8/h3H,2,4H2,1H3,(H,7,8). The zero-order valence-corrected chi connectivity index (χ0v) is 6.67. The maximum atomic E-state index is 9.88. The van der Waals surface area contributed by atoms with Gasteiger partial charge in [0.25, 0.3) is 0 Å². The van der Waals surface area contributed by atoms with Gasteiger partial charge in [-0.05, 0) is 0 Å². The van der Waals surface area contributed by atoms with Crippen molar-refractivity contribution in [1.29, 1.82) is 0 Å². The molecule has 0 fully saturated rings. The van der Waals surface area contributed by atoms with Crippen molar-refractivity contribution in [2.24, 2.45) is 0 Å². The van der Waals surface area contributed by atoms with Gasteiger partial charge in [-0.25, -0.2) is 0 Å². The summed E-state index contributed by atoms with van der Waals surface area (Å²) in [5, 5.41) is 8.51. The van der Waals surface area contributed by atoms with E-state index >= 15 is 0 Å². The number of hydrogen-bond donors (Lipinski definition) is 1. The minimum absolute atomic E-state index is 0.0159. The van der Waals surface area contributed by atoms with Gasteiger partial charge in [-0.3, -0.25) is 0 Å². The third kappa shape index (κ3) is 5.90. The zero-order valence-electron chi connectivity index (χ0n) is 4.79. The van der Waals surface area contributed by atoms with Crippen LogP contribution in [0.4, 0.5) is 0 Å². The van der Waals surface area contributed by atoms with Crippen molar-refractivity contribution < 1.29 is 9.90 Å². The Labute approximate surface area is 55.1 Å². The second-order valence-electron chi connectivity index (χ2n) is 1.33. The molecule has 0 spiro atoms. The second-order valence-corrected chi connectivity index (χ2v) is 3.52. The van der Waals surface area contributed by atoms with Gasteiger partial charge >= 0.3 is 54.5 Å². The molecule has 0 aromatic carbocycles. The number of rotatable bonds is 3. The quantitative estimate of drug-likeness (QED) is 0.632. The molecule has 0 unspecified atom stereocenters. The molecule has 0 heterocycles. The van der Waals surface area contributed by atoms with E-state index in [4.69, 9.17) is 5.11 Å².